The van der Waals surface area contributed by atoms with Crippen LogP contribution in [0.3, 0.4) is 0 Å². The molecular weight excluding hydrogens is 292 g/mol. The highest BCUT2D eigenvalue weighted by Crippen LogP contribution is 2.08. The zero-order valence-corrected chi connectivity index (χ0v) is 14.4. The van der Waals surface area contributed by atoms with Crippen molar-refractivity contribution in [2.45, 2.75) is 40.0 Å². The smallest absolute Gasteiger partial charge is 0.251 e. The zero-order chi connectivity index (χ0) is 17.1. The van der Waals surface area contributed by atoms with Crippen LogP contribution < -0.4 is 10.6 Å². The molecule has 23 heavy (non-hydrogen) atoms. The standard InChI is InChI=1S/C18H28N2O3/c1-4-5-8-23-9-6-7-19-17(21)13-20-18(22)16-11-14(2)10-15(3)12-16/h10-12H,4-9,13H2,1-3H3,(H,19,21)(H,20,22). The third-order valence-corrected chi connectivity index (χ3v) is 3.32. The van der Waals surface area contributed by atoms with Gasteiger partial charge in [-0.1, -0.05) is 30.5 Å². The van der Waals surface area contributed by atoms with Gasteiger partial charge in [-0.05, 0) is 38.8 Å². The summed E-state index contributed by atoms with van der Waals surface area (Å²) in [5, 5.41) is 5.41. The Balaban J connectivity index is 2.19. The third-order valence-electron chi connectivity index (χ3n) is 3.32. The normalized spacial score (nSPS) is 10.4. The highest BCUT2D eigenvalue weighted by atomic mass is 16.5. The van der Waals surface area contributed by atoms with Gasteiger partial charge in [-0.15, -0.1) is 0 Å². The fraction of sp³-hybridized carbons (Fsp3) is 0.556. The summed E-state index contributed by atoms with van der Waals surface area (Å²) in [5.41, 5.74) is 2.64. The van der Waals surface area contributed by atoms with Gasteiger partial charge >= 0.3 is 0 Å². The molecule has 0 radical (unpaired) electrons. The Morgan fingerprint density at radius 1 is 1.00 bits per heavy atom. The largest absolute Gasteiger partial charge is 0.381 e. The molecule has 0 fully saturated rings. The van der Waals surface area contributed by atoms with Crippen LogP contribution in [0, 0.1) is 13.8 Å². The quantitative estimate of drug-likeness (QED) is 0.650. The van der Waals surface area contributed by atoms with E-state index in [1.54, 1.807) is 0 Å². The molecule has 2 N–H and O–H groups in total. The summed E-state index contributed by atoms with van der Waals surface area (Å²) in [7, 11) is 0. The number of aryl methyl sites for hydroxylation is 2. The summed E-state index contributed by atoms with van der Waals surface area (Å²) >= 11 is 0. The number of unbranched alkanes of at least 4 members (excludes halogenated alkanes) is 1. The van der Waals surface area contributed by atoms with Crippen LogP contribution in [0.4, 0.5) is 0 Å². The number of carbonyl (C=O) groups is 2. The molecule has 1 rings (SSSR count). The fourth-order valence-corrected chi connectivity index (χ4v) is 2.18. The highest BCUT2D eigenvalue weighted by Gasteiger charge is 2.08. The minimum Gasteiger partial charge on any atom is -0.381 e. The van der Waals surface area contributed by atoms with E-state index in [4.69, 9.17) is 4.74 Å². The Bertz CT molecular complexity index is 495. The number of amides is 2. The lowest BCUT2D eigenvalue weighted by molar-refractivity contribution is -0.120. The summed E-state index contributed by atoms with van der Waals surface area (Å²) in [6, 6.07) is 5.63. The summed E-state index contributed by atoms with van der Waals surface area (Å²) < 4.78 is 5.41. The molecule has 0 atom stereocenters. The van der Waals surface area contributed by atoms with Crippen molar-refractivity contribution in [1.29, 1.82) is 0 Å². The minimum absolute atomic E-state index is 0.0114. The molecule has 128 valence electrons. The molecule has 1 aromatic carbocycles. The van der Waals surface area contributed by atoms with Gasteiger partial charge in [-0.25, -0.2) is 0 Å². The Hall–Kier alpha value is -1.88. The van der Waals surface area contributed by atoms with Gasteiger partial charge in [-0.3, -0.25) is 9.59 Å². The molecular formula is C18H28N2O3. The van der Waals surface area contributed by atoms with E-state index in [1.165, 1.54) is 0 Å². The molecule has 0 saturated carbocycles. The first-order valence-electron chi connectivity index (χ1n) is 8.24. The highest BCUT2D eigenvalue weighted by molar-refractivity contribution is 5.96. The summed E-state index contributed by atoms with van der Waals surface area (Å²) in [6.45, 7) is 7.98. The molecule has 0 spiro atoms. The maximum absolute atomic E-state index is 12.0. The van der Waals surface area contributed by atoms with Gasteiger partial charge in [0.05, 0.1) is 6.54 Å². The van der Waals surface area contributed by atoms with Gasteiger partial charge in [-0.2, -0.15) is 0 Å². The van der Waals surface area contributed by atoms with E-state index in [0.717, 1.165) is 37.0 Å². The van der Waals surface area contributed by atoms with Gasteiger partial charge < -0.3 is 15.4 Å². The molecule has 0 saturated heterocycles. The number of carbonyl (C=O) groups excluding carboxylic acids is 2. The van der Waals surface area contributed by atoms with Crippen LogP contribution in [0.25, 0.3) is 0 Å². The predicted octanol–water partition coefficient (Wildman–Crippen LogP) is 2.36. The van der Waals surface area contributed by atoms with E-state index in [2.05, 4.69) is 17.6 Å². The van der Waals surface area contributed by atoms with Gasteiger partial charge in [0.2, 0.25) is 5.91 Å². The van der Waals surface area contributed by atoms with E-state index in [0.29, 0.717) is 18.7 Å². The summed E-state index contributed by atoms with van der Waals surface area (Å²) in [5.74, 6) is -0.411. The van der Waals surface area contributed by atoms with Crippen LogP contribution in [0.1, 0.15) is 47.7 Å². The molecule has 0 heterocycles. The molecule has 5 heteroatoms. The molecule has 0 aliphatic rings. The lowest BCUT2D eigenvalue weighted by atomic mass is 10.1. The minimum atomic E-state index is -0.227. The van der Waals surface area contributed by atoms with Crippen molar-refractivity contribution in [2.75, 3.05) is 26.3 Å². The number of hydrogen-bond donors (Lipinski definition) is 2. The molecule has 0 aromatic heterocycles. The monoisotopic (exact) mass is 320 g/mol. The molecule has 0 aliphatic carbocycles. The number of benzene rings is 1. The maximum Gasteiger partial charge on any atom is 0.251 e. The molecule has 1 aromatic rings. The number of nitrogens with one attached hydrogen (secondary N) is 2. The molecule has 0 aliphatic heterocycles. The molecule has 2 amide bonds. The first-order chi connectivity index (χ1) is 11.0. The third kappa shape index (κ3) is 8.35. The maximum atomic E-state index is 12.0. The number of rotatable bonds is 10. The van der Waals surface area contributed by atoms with Crippen LogP contribution in [0.15, 0.2) is 18.2 Å². The van der Waals surface area contributed by atoms with Crippen LogP contribution in [-0.2, 0) is 9.53 Å². The Labute approximate surface area is 138 Å². The van der Waals surface area contributed by atoms with E-state index in [1.807, 2.05) is 32.0 Å². The molecule has 0 unspecified atom stereocenters. The van der Waals surface area contributed by atoms with Gasteiger partial charge in [0.25, 0.3) is 5.91 Å². The van der Waals surface area contributed by atoms with E-state index >= 15 is 0 Å². The lowest BCUT2D eigenvalue weighted by Gasteiger charge is -2.08. The second-order valence-electron chi connectivity index (χ2n) is 5.73. The van der Waals surface area contributed by atoms with Crippen molar-refractivity contribution >= 4 is 11.8 Å². The summed E-state index contributed by atoms with van der Waals surface area (Å²) in [4.78, 5) is 23.7. The van der Waals surface area contributed by atoms with Crippen molar-refractivity contribution in [3.8, 4) is 0 Å². The van der Waals surface area contributed by atoms with Gasteiger partial charge in [0.15, 0.2) is 0 Å². The van der Waals surface area contributed by atoms with E-state index < -0.39 is 0 Å². The number of ether oxygens (including phenoxy) is 1. The van der Waals surface area contributed by atoms with Crippen LogP contribution in [0.5, 0.6) is 0 Å². The Kier molecular flexibility index (Phi) is 8.98. The Morgan fingerprint density at radius 2 is 1.65 bits per heavy atom. The predicted molar refractivity (Wildman–Crippen MR) is 91.6 cm³/mol. The average molecular weight is 320 g/mol. The first kappa shape index (κ1) is 19.2. The SMILES string of the molecule is CCCCOCCCNC(=O)CNC(=O)c1cc(C)cc(C)c1. The van der Waals surface area contributed by atoms with Crippen molar-refractivity contribution in [1.82, 2.24) is 10.6 Å². The second kappa shape index (κ2) is 10.8. The van der Waals surface area contributed by atoms with E-state index in [9.17, 15) is 9.59 Å². The van der Waals surface area contributed by atoms with Crippen molar-refractivity contribution in [3.63, 3.8) is 0 Å². The van der Waals surface area contributed by atoms with Crippen molar-refractivity contribution < 1.29 is 14.3 Å². The van der Waals surface area contributed by atoms with Crippen LogP contribution in [-0.4, -0.2) is 38.1 Å². The number of hydrogen-bond acceptors (Lipinski definition) is 3. The average Bonchev–Trinajstić information content (AvgIpc) is 2.50. The zero-order valence-electron chi connectivity index (χ0n) is 14.4. The van der Waals surface area contributed by atoms with Gasteiger partial charge in [0, 0.05) is 25.3 Å². The first-order valence-corrected chi connectivity index (χ1v) is 8.24. The fourth-order valence-electron chi connectivity index (χ4n) is 2.18. The van der Waals surface area contributed by atoms with Crippen LogP contribution in [0.2, 0.25) is 0 Å². The van der Waals surface area contributed by atoms with Crippen molar-refractivity contribution in [2.24, 2.45) is 0 Å². The topological polar surface area (TPSA) is 67.4 Å². The van der Waals surface area contributed by atoms with Crippen molar-refractivity contribution in [3.05, 3.63) is 34.9 Å². The Morgan fingerprint density at radius 3 is 2.30 bits per heavy atom. The second-order valence-corrected chi connectivity index (χ2v) is 5.73. The van der Waals surface area contributed by atoms with E-state index in [-0.39, 0.29) is 18.4 Å². The molecule has 5 nitrogen and oxygen atoms in total. The summed E-state index contributed by atoms with van der Waals surface area (Å²) in [6.07, 6.45) is 2.97. The van der Waals surface area contributed by atoms with Crippen LogP contribution >= 0.6 is 0 Å². The lowest BCUT2D eigenvalue weighted by Crippen LogP contribution is -2.37. The molecule has 0 bridgehead atoms. The van der Waals surface area contributed by atoms with Gasteiger partial charge in [0.1, 0.15) is 0 Å².